The van der Waals surface area contributed by atoms with E-state index in [2.05, 4.69) is 4.84 Å². The first-order valence-electron chi connectivity index (χ1n) is 6.95. The number of alkyl halides is 1. The molecule has 1 heterocycles. The van der Waals surface area contributed by atoms with Gasteiger partial charge in [0.25, 0.3) is 11.8 Å². The molecule has 0 spiro atoms. The van der Waals surface area contributed by atoms with E-state index in [9.17, 15) is 18.8 Å². The molecule has 0 fully saturated rings. The van der Waals surface area contributed by atoms with Gasteiger partial charge in [-0.25, -0.2) is 9.18 Å². The zero-order chi connectivity index (χ0) is 16.4. The van der Waals surface area contributed by atoms with Crippen molar-refractivity contribution < 1.29 is 23.6 Å². The summed E-state index contributed by atoms with van der Waals surface area (Å²) in [5.41, 5.74) is 0.867. The molecule has 0 saturated carbocycles. The molecular weight excluding hydrogens is 301 g/mol. The lowest BCUT2D eigenvalue weighted by molar-refractivity contribution is -0.174. The molecule has 0 aliphatic carbocycles. The van der Waals surface area contributed by atoms with E-state index in [0.717, 1.165) is 0 Å². The lowest BCUT2D eigenvalue weighted by Crippen LogP contribution is -2.36. The van der Waals surface area contributed by atoms with Crippen molar-refractivity contribution in [2.24, 2.45) is 0 Å². The normalized spacial score (nSPS) is 14.6. The Hall–Kier alpha value is -3.02. The van der Waals surface area contributed by atoms with Crippen LogP contribution < -0.4 is 0 Å². The van der Waals surface area contributed by atoms with Crippen molar-refractivity contribution in [2.75, 3.05) is 0 Å². The minimum Gasteiger partial charge on any atom is -0.326 e. The summed E-state index contributed by atoms with van der Waals surface area (Å²) >= 11 is 0. The summed E-state index contributed by atoms with van der Waals surface area (Å²) in [6, 6.07) is 14.6. The fraction of sp³-hybridized carbons (Fsp3) is 0.118. The Morgan fingerprint density at radius 2 is 1.48 bits per heavy atom. The fourth-order valence-corrected chi connectivity index (χ4v) is 2.30. The van der Waals surface area contributed by atoms with Crippen LogP contribution in [-0.4, -0.2) is 29.0 Å². The first-order chi connectivity index (χ1) is 11.1. The predicted octanol–water partition coefficient (Wildman–Crippen LogP) is 2.32. The molecule has 6 heteroatoms. The number of rotatable bonds is 4. The van der Waals surface area contributed by atoms with E-state index in [0.29, 0.717) is 10.6 Å². The number of carbonyl (C=O) groups excluding carboxylic acids is 3. The quantitative estimate of drug-likeness (QED) is 0.813. The van der Waals surface area contributed by atoms with Gasteiger partial charge in [0.2, 0.25) is 6.17 Å². The van der Waals surface area contributed by atoms with Gasteiger partial charge >= 0.3 is 5.97 Å². The van der Waals surface area contributed by atoms with Gasteiger partial charge in [-0.2, -0.15) is 0 Å². The SMILES string of the molecule is O=C(ON1C(=O)c2ccccc2C1=O)C(F)Cc1ccccc1. The average molecular weight is 313 g/mol. The zero-order valence-electron chi connectivity index (χ0n) is 11.9. The molecular formula is C17H12FNO4. The maximum absolute atomic E-state index is 14.0. The number of benzene rings is 2. The number of carbonyl (C=O) groups is 3. The highest BCUT2D eigenvalue weighted by Gasteiger charge is 2.39. The molecule has 2 aromatic carbocycles. The van der Waals surface area contributed by atoms with Gasteiger partial charge in [0.1, 0.15) is 0 Å². The molecule has 1 aliphatic heterocycles. The van der Waals surface area contributed by atoms with Gasteiger partial charge in [0.15, 0.2) is 0 Å². The smallest absolute Gasteiger partial charge is 0.326 e. The molecule has 0 N–H and O–H groups in total. The zero-order valence-corrected chi connectivity index (χ0v) is 11.9. The summed E-state index contributed by atoms with van der Waals surface area (Å²) in [6.07, 6.45) is -2.16. The second-order valence-electron chi connectivity index (χ2n) is 5.02. The van der Waals surface area contributed by atoms with E-state index in [1.807, 2.05) is 0 Å². The Kier molecular flexibility index (Phi) is 3.89. The number of fused-ring (bicyclic) bond motifs is 1. The molecule has 0 saturated heterocycles. The highest BCUT2D eigenvalue weighted by molar-refractivity contribution is 6.20. The Balaban J connectivity index is 1.69. The Morgan fingerprint density at radius 1 is 0.957 bits per heavy atom. The summed E-state index contributed by atoms with van der Waals surface area (Å²) < 4.78 is 14.0. The third-order valence-electron chi connectivity index (χ3n) is 3.45. The number of hydrogen-bond acceptors (Lipinski definition) is 4. The van der Waals surface area contributed by atoms with Crippen LogP contribution in [0.1, 0.15) is 26.3 Å². The highest BCUT2D eigenvalue weighted by atomic mass is 19.1. The Morgan fingerprint density at radius 3 is 2.04 bits per heavy atom. The van der Waals surface area contributed by atoms with Crippen LogP contribution in [0.2, 0.25) is 0 Å². The molecule has 23 heavy (non-hydrogen) atoms. The van der Waals surface area contributed by atoms with E-state index < -0.39 is 24.0 Å². The van der Waals surface area contributed by atoms with Gasteiger partial charge in [0, 0.05) is 6.42 Å². The van der Waals surface area contributed by atoms with Crippen LogP contribution in [0.3, 0.4) is 0 Å². The van der Waals surface area contributed by atoms with Gasteiger partial charge in [-0.3, -0.25) is 9.59 Å². The first-order valence-corrected chi connectivity index (χ1v) is 6.95. The van der Waals surface area contributed by atoms with Crippen LogP contribution in [0.25, 0.3) is 0 Å². The molecule has 3 rings (SSSR count). The van der Waals surface area contributed by atoms with Crippen LogP contribution in [0, 0.1) is 0 Å². The van der Waals surface area contributed by atoms with Crippen molar-refractivity contribution in [2.45, 2.75) is 12.6 Å². The summed E-state index contributed by atoms with van der Waals surface area (Å²) in [5.74, 6) is -2.82. The van der Waals surface area contributed by atoms with E-state index >= 15 is 0 Å². The number of halogens is 1. The highest BCUT2D eigenvalue weighted by Crippen LogP contribution is 2.23. The van der Waals surface area contributed by atoms with E-state index in [1.54, 1.807) is 42.5 Å². The summed E-state index contributed by atoms with van der Waals surface area (Å²) in [6.45, 7) is 0. The number of imide groups is 1. The van der Waals surface area contributed by atoms with Gasteiger partial charge in [0.05, 0.1) is 11.1 Å². The maximum atomic E-state index is 14.0. The largest absolute Gasteiger partial charge is 0.367 e. The lowest BCUT2D eigenvalue weighted by atomic mass is 10.1. The standard InChI is InChI=1S/C17H12FNO4/c18-14(10-11-6-2-1-3-7-11)17(22)23-19-15(20)12-8-4-5-9-13(12)16(19)21/h1-9,14H,10H2. The summed E-state index contributed by atoms with van der Waals surface area (Å²) in [4.78, 5) is 40.5. The van der Waals surface area contributed by atoms with Crippen LogP contribution in [0.4, 0.5) is 4.39 Å². The molecule has 0 aromatic heterocycles. The van der Waals surface area contributed by atoms with Crippen molar-refractivity contribution in [1.82, 2.24) is 5.06 Å². The molecule has 116 valence electrons. The van der Waals surface area contributed by atoms with Crippen molar-refractivity contribution >= 4 is 17.8 Å². The summed E-state index contributed by atoms with van der Waals surface area (Å²) in [5, 5.41) is 0.310. The minimum absolute atomic E-state index is 0.128. The van der Waals surface area contributed by atoms with Gasteiger partial charge in [-0.05, 0) is 17.7 Å². The van der Waals surface area contributed by atoms with Crippen LogP contribution >= 0.6 is 0 Å². The molecule has 1 unspecified atom stereocenters. The van der Waals surface area contributed by atoms with Crippen LogP contribution in [0.5, 0.6) is 0 Å². The minimum atomic E-state index is -1.97. The predicted molar refractivity (Wildman–Crippen MR) is 78.1 cm³/mol. The Labute approximate surface area is 131 Å². The van der Waals surface area contributed by atoms with Gasteiger partial charge in [-0.15, -0.1) is 0 Å². The molecule has 2 aromatic rings. The van der Waals surface area contributed by atoms with E-state index in [4.69, 9.17) is 0 Å². The number of hydroxylamine groups is 2. The molecule has 0 radical (unpaired) electrons. The molecule has 5 nitrogen and oxygen atoms in total. The lowest BCUT2D eigenvalue weighted by Gasteiger charge is -2.14. The van der Waals surface area contributed by atoms with Crippen molar-refractivity contribution in [3.8, 4) is 0 Å². The number of amides is 2. The van der Waals surface area contributed by atoms with Crippen molar-refractivity contribution in [3.63, 3.8) is 0 Å². The third kappa shape index (κ3) is 2.83. The topological polar surface area (TPSA) is 63.7 Å². The fourth-order valence-electron chi connectivity index (χ4n) is 2.30. The molecule has 2 amide bonds. The van der Waals surface area contributed by atoms with Crippen LogP contribution in [-0.2, 0) is 16.1 Å². The molecule has 1 atom stereocenters. The second-order valence-corrected chi connectivity index (χ2v) is 5.02. The third-order valence-corrected chi connectivity index (χ3v) is 3.45. The average Bonchev–Trinajstić information content (AvgIpc) is 2.81. The first kappa shape index (κ1) is 14.9. The maximum Gasteiger partial charge on any atom is 0.367 e. The second kappa shape index (κ2) is 6.00. The van der Waals surface area contributed by atoms with Gasteiger partial charge < -0.3 is 4.84 Å². The van der Waals surface area contributed by atoms with Crippen molar-refractivity contribution in [1.29, 1.82) is 0 Å². The number of hydrogen-bond donors (Lipinski definition) is 0. The molecule has 1 aliphatic rings. The van der Waals surface area contributed by atoms with Crippen LogP contribution in [0.15, 0.2) is 54.6 Å². The number of nitrogens with zero attached hydrogens (tertiary/aromatic N) is 1. The monoisotopic (exact) mass is 313 g/mol. The van der Waals surface area contributed by atoms with Gasteiger partial charge in [-0.1, -0.05) is 47.5 Å². The van der Waals surface area contributed by atoms with E-state index in [1.165, 1.54) is 12.1 Å². The summed E-state index contributed by atoms with van der Waals surface area (Å²) in [7, 11) is 0. The molecule has 0 bridgehead atoms. The van der Waals surface area contributed by atoms with Crippen molar-refractivity contribution in [3.05, 3.63) is 71.3 Å². The Bertz CT molecular complexity index is 740. The van der Waals surface area contributed by atoms with E-state index in [-0.39, 0.29) is 17.5 Å².